The number of carboxylic acids is 1. The van der Waals surface area contributed by atoms with Crippen LogP contribution in [0.15, 0.2) is 72.8 Å². The van der Waals surface area contributed by atoms with Gasteiger partial charge in [0.05, 0.1) is 0 Å². The van der Waals surface area contributed by atoms with Crippen LogP contribution in [0.4, 0.5) is 24.5 Å². The van der Waals surface area contributed by atoms with Crippen LogP contribution in [0.5, 0.6) is 5.75 Å². The van der Waals surface area contributed by atoms with E-state index in [1.807, 2.05) is 47.4 Å². The van der Waals surface area contributed by atoms with Gasteiger partial charge in [-0.1, -0.05) is 42.8 Å². The molecule has 6 nitrogen and oxygen atoms in total. The first-order chi connectivity index (χ1) is 18.7. The first-order valence-corrected chi connectivity index (χ1v) is 13.1. The van der Waals surface area contributed by atoms with E-state index in [1.54, 1.807) is 0 Å². The molecule has 2 N–H and O–H groups in total. The highest BCUT2D eigenvalue weighted by Crippen LogP contribution is 2.53. The van der Waals surface area contributed by atoms with Crippen molar-refractivity contribution in [2.24, 2.45) is 5.92 Å². The number of halogens is 3. The van der Waals surface area contributed by atoms with Gasteiger partial charge >= 0.3 is 12.3 Å². The van der Waals surface area contributed by atoms with Crippen LogP contribution in [-0.4, -0.2) is 35.9 Å². The van der Waals surface area contributed by atoms with Crippen LogP contribution in [-0.2, 0) is 4.79 Å². The van der Waals surface area contributed by atoms with Gasteiger partial charge in [-0.15, -0.1) is 13.2 Å². The van der Waals surface area contributed by atoms with Crippen LogP contribution >= 0.6 is 0 Å². The number of carboxylic acid groups (broad SMARTS) is 1. The molecule has 3 unspecified atom stereocenters. The number of benzene rings is 3. The molecule has 3 aromatic carbocycles. The number of hydrogen-bond donors (Lipinski definition) is 2. The van der Waals surface area contributed by atoms with Gasteiger partial charge in [-0.2, -0.15) is 0 Å². The average Bonchev–Trinajstić information content (AvgIpc) is 3.38. The predicted octanol–water partition coefficient (Wildman–Crippen LogP) is 6.82. The first-order valence-electron chi connectivity index (χ1n) is 13.1. The minimum Gasteiger partial charge on any atom is -0.481 e. The number of carbonyl (C=O) groups excluding carboxylic acids is 1. The van der Waals surface area contributed by atoms with Crippen LogP contribution in [0.1, 0.15) is 59.5 Å². The quantitative estimate of drug-likeness (QED) is 0.308. The lowest BCUT2D eigenvalue weighted by molar-refractivity contribution is -0.274. The van der Waals surface area contributed by atoms with Crippen LogP contribution in [0, 0.1) is 5.92 Å². The smallest absolute Gasteiger partial charge is 0.481 e. The summed E-state index contributed by atoms with van der Waals surface area (Å²) in [6.07, 6.45) is -1.50. The van der Waals surface area contributed by atoms with Crippen molar-refractivity contribution in [3.8, 4) is 5.75 Å². The molecule has 2 aliphatic rings. The summed E-state index contributed by atoms with van der Waals surface area (Å²) in [5.74, 6) is -1.27. The van der Waals surface area contributed by atoms with E-state index in [-0.39, 0.29) is 36.0 Å². The maximum absolute atomic E-state index is 13.8. The Morgan fingerprint density at radius 3 is 2.36 bits per heavy atom. The normalized spacial score (nSPS) is 20.2. The number of alkyl halides is 3. The van der Waals surface area contributed by atoms with Gasteiger partial charge in [-0.05, 0) is 72.7 Å². The molecular weight excluding hydrogens is 509 g/mol. The Bertz CT molecular complexity index is 1340. The standard InChI is InChI=1S/C30H29F3N2O4/c31-30(32,33)39-20-16-14-19(15-17-20)29(38)35-25-11-4-2-8-22(25)28(23-9-5-12-26(23)35)21-7-1-3-10-24(21)34-18-6-13-27(36)37/h1-4,7-8,10-11,14-17,23,26,28,34H,5-6,9,12-13,18H2,(H,36,37). The molecule has 0 radical (unpaired) electrons. The zero-order valence-electron chi connectivity index (χ0n) is 21.2. The van der Waals surface area contributed by atoms with Crippen molar-refractivity contribution < 1.29 is 32.6 Å². The predicted molar refractivity (Wildman–Crippen MR) is 141 cm³/mol. The highest BCUT2D eigenvalue weighted by molar-refractivity contribution is 6.07. The topological polar surface area (TPSA) is 78.9 Å². The molecule has 0 spiro atoms. The SMILES string of the molecule is O=C(O)CCCNc1ccccc1C1c2ccccc2N(C(=O)c2ccc(OC(F)(F)F)cc2)C2CCCC12. The molecule has 1 heterocycles. The molecule has 3 atom stereocenters. The number of fused-ring (bicyclic) bond motifs is 2. The number of nitrogens with one attached hydrogen (secondary N) is 1. The van der Waals surface area contributed by atoms with Crippen molar-refractivity contribution in [1.82, 2.24) is 0 Å². The van der Waals surface area contributed by atoms with Gasteiger partial charge in [0.25, 0.3) is 5.91 Å². The highest BCUT2D eigenvalue weighted by atomic mass is 19.4. The van der Waals surface area contributed by atoms with Gasteiger partial charge < -0.3 is 20.1 Å². The van der Waals surface area contributed by atoms with Gasteiger partial charge in [0.15, 0.2) is 0 Å². The summed E-state index contributed by atoms with van der Waals surface area (Å²) in [7, 11) is 0. The summed E-state index contributed by atoms with van der Waals surface area (Å²) in [6.45, 7) is 0.532. The molecule has 39 heavy (non-hydrogen) atoms. The van der Waals surface area contributed by atoms with E-state index in [4.69, 9.17) is 5.11 Å². The Hall–Kier alpha value is -4.01. The second-order valence-electron chi connectivity index (χ2n) is 9.96. The van der Waals surface area contributed by atoms with Crippen molar-refractivity contribution in [3.05, 3.63) is 89.5 Å². The summed E-state index contributed by atoms with van der Waals surface area (Å²) in [5, 5.41) is 12.4. The third-order valence-corrected chi connectivity index (χ3v) is 7.56. The van der Waals surface area contributed by atoms with Crippen LogP contribution in [0.25, 0.3) is 0 Å². The van der Waals surface area contributed by atoms with Crippen molar-refractivity contribution in [1.29, 1.82) is 0 Å². The number of nitrogens with zero attached hydrogens (tertiary/aromatic N) is 1. The van der Waals surface area contributed by atoms with Gasteiger partial charge in [-0.3, -0.25) is 9.59 Å². The molecule has 5 rings (SSSR count). The largest absolute Gasteiger partial charge is 0.573 e. The molecule has 0 aromatic heterocycles. The number of anilines is 2. The fraction of sp³-hybridized carbons (Fsp3) is 0.333. The van der Waals surface area contributed by atoms with Crippen molar-refractivity contribution in [3.63, 3.8) is 0 Å². The van der Waals surface area contributed by atoms with E-state index in [1.165, 1.54) is 12.1 Å². The number of ether oxygens (including phenoxy) is 1. The Morgan fingerprint density at radius 2 is 1.64 bits per heavy atom. The van der Waals surface area contributed by atoms with Crippen molar-refractivity contribution in [2.45, 2.75) is 50.4 Å². The number of para-hydroxylation sites is 2. The minimum absolute atomic E-state index is 0.0310. The van der Waals surface area contributed by atoms with Crippen molar-refractivity contribution in [2.75, 3.05) is 16.8 Å². The molecule has 0 bridgehead atoms. The molecule has 1 aliphatic heterocycles. The molecular formula is C30H29F3N2O4. The van der Waals surface area contributed by atoms with Crippen molar-refractivity contribution >= 4 is 23.3 Å². The highest BCUT2D eigenvalue weighted by Gasteiger charge is 2.46. The molecule has 9 heteroatoms. The number of carbonyl (C=O) groups is 2. The number of aliphatic carboxylic acids is 1. The summed E-state index contributed by atoms with van der Waals surface area (Å²) in [5.41, 5.74) is 4.17. The lowest BCUT2D eigenvalue weighted by atomic mass is 9.73. The van der Waals surface area contributed by atoms with E-state index in [0.29, 0.717) is 18.5 Å². The maximum Gasteiger partial charge on any atom is 0.573 e. The second kappa shape index (κ2) is 11.0. The van der Waals surface area contributed by atoms with Gasteiger partial charge in [-0.25, -0.2) is 0 Å². The fourth-order valence-electron chi connectivity index (χ4n) is 6.05. The molecule has 204 valence electrons. The average molecular weight is 539 g/mol. The third kappa shape index (κ3) is 5.72. The number of rotatable bonds is 8. The summed E-state index contributed by atoms with van der Waals surface area (Å²) >= 11 is 0. The zero-order chi connectivity index (χ0) is 27.6. The molecule has 1 amide bonds. The molecule has 3 aromatic rings. The summed E-state index contributed by atoms with van der Waals surface area (Å²) < 4.78 is 41.8. The van der Waals surface area contributed by atoms with Gasteiger partial charge in [0, 0.05) is 41.9 Å². The van der Waals surface area contributed by atoms with E-state index < -0.39 is 12.3 Å². The number of hydrogen-bond acceptors (Lipinski definition) is 4. The Kier molecular flexibility index (Phi) is 7.50. The molecule has 1 aliphatic carbocycles. The second-order valence-corrected chi connectivity index (χ2v) is 9.96. The first kappa shape index (κ1) is 26.6. The van der Waals surface area contributed by atoms with E-state index in [0.717, 1.165) is 53.9 Å². The van der Waals surface area contributed by atoms with Crippen LogP contribution < -0.4 is 15.0 Å². The van der Waals surface area contributed by atoms with E-state index in [9.17, 15) is 22.8 Å². The van der Waals surface area contributed by atoms with E-state index >= 15 is 0 Å². The lowest BCUT2D eigenvalue weighted by Gasteiger charge is -2.44. The Labute approximate surface area is 224 Å². The minimum atomic E-state index is -4.80. The monoisotopic (exact) mass is 538 g/mol. The lowest BCUT2D eigenvalue weighted by Crippen LogP contribution is -2.48. The summed E-state index contributed by atoms with van der Waals surface area (Å²) in [6, 6.07) is 20.9. The fourth-order valence-corrected chi connectivity index (χ4v) is 6.05. The maximum atomic E-state index is 13.8. The molecule has 1 fully saturated rings. The summed E-state index contributed by atoms with van der Waals surface area (Å²) in [4.78, 5) is 26.6. The zero-order valence-corrected chi connectivity index (χ0v) is 21.2. The molecule has 1 saturated carbocycles. The Balaban J connectivity index is 1.48. The van der Waals surface area contributed by atoms with E-state index in [2.05, 4.69) is 16.1 Å². The number of amides is 1. The van der Waals surface area contributed by atoms with Gasteiger partial charge in [0.1, 0.15) is 5.75 Å². The van der Waals surface area contributed by atoms with Crippen LogP contribution in [0.3, 0.4) is 0 Å². The molecule has 0 saturated heterocycles. The van der Waals surface area contributed by atoms with Crippen LogP contribution in [0.2, 0.25) is 0 Å². The third-order valence-electron chi connectivity index (χ3n) is 7.56. The van der Waals surface area contributed by atoms with Gasteiger partial charge in [0.2, 0.25) is 0 Å². The Morgan fingerprint density at radius 1 is 0.949 bits per heavy atom.